The molecule has 1 N–H and O–H groups in total. The highest BCUT2D eigenvalue weighted by Crippen LogP contribution is 2.08. The van der Waals surface area contributed by atoms with E-state index in [9.17, 15) is 9.59 Å². The molecule has 28 heavy (non-hydrogen) atoms. The van der Waals surface area contributed by atoms with Gasteiger partial charge in [0.15, 0.2) is 0 Å². The largest absolute Gasteiger partial charge is 0.492 e. The minimum Gasteiger partial charge on any atom is -0.492 e. The first-order chi connectivity index (χ1) is 13.2. The highest BCUT2D eigenvalue weighted by Gasteiger charge is 2.24. The predicted octanol–water partition coefficient (Wildman–Crippen LogP) is 1.06. The molecule has 0 aliphatic carbocycles. The van der Waals surface area contributed by atoms with Gasteiger partial charge in [0, 0.05) is 38.3 Å². The molecule has 7 nitrogen and oxygen atoms in total. The molecule has 2 amide bonds. The molecule has 1 fully saturated rings. The molecule has 0 radical (unpaired) electrons. The Bertz CT molecular complexity index is 622. The van der Waals surface area contributed by atoms with Gasteiger partial charge in [-0.1, -0.05) is 18.2 Å². The average Bonchev–Trinajstić information content (AvgIpc) is 2.61. The number of hydrogen-bond donors (Lipinski definition) is 1. The number of rotatable bonds is 8. The van der Waals surface area contributed by atoms with Gasteiger partial charge in [-0.25, -0.2) is 0 Å². The van der Waals surface area contributed by atoms with Crippen LogP contribution in [0, 0.1) is 0 Å². The zero-order chi connectivity index (χ0) is 20.6. The van der Waals surface area contributed by atoms with Crippen molar-refractivity contribution in [2.45, 2.75) is 26.3 Å². The molecular weight excluding hydrogens is 356 g/mol. The predicted molar refractivity (Wildman–Crippen MR) is 110 cm³/mol. The van der Waals surface area contributed by atoms with E-state index < -0.39 is 0 Å². The quantitative estimate of drug-likeness (QED) is 0.719. The second kappa shape index (κ2) is 10.4. The lowest BCUT2D eigenvalue weighted by atomic mass is 10.1. The van der Waals surface area contributed by atoms with E-state index in [1.54, 1.807) is 0 Å². The standard InChI is InChI=1S/C21H34N4O3/c1-21(2,3)22-19(26)16-24-10-12-25(13-11-24)20(27)17-23(4)14-15-28-18-8-6-5-7-9-18/h5-9H,10-17H2,1-4H3,(H,22,26). The molecular formula is C21H34N4O3. The third-order valence-corrected chi connectivity index (χ3v) is 4.50. The summed E-state index contributed by atoms with van der Waals surface area (Å²) in [5.74, 6) is 1.00. The second-order valence-corrected chi connectivity index (χ2v) is 8.35. The van der Waals surface area contributed by atoms with Crippen molar-refractivity contribution < 1.29 is 14.3 Å². The zero-order valence-corrected chi connectivity index (χ0v) is 17.6. The summed E-state index contributed by atoms with van der Waals surface area (Å²) in [7, 11) is 1.93. The Kier molecular flexibility index (Phi) is 8.26. The van der Waals surface area contributed by atoms with Gasteiger partial charge in [-0.15, -0.1) is 0 Å². The first-order valence-electron chi connectivity index (χ1n) is 9.90. The van der Waals surface area contributed by atoms with Crippen molar-refractivity contribution in [3.8, 4) is 5.75 Å². The van der Waals surface area contributed by atoms with E-state index in [-0.39, 0.29) is 17.4 Å². The van der Waals surface area contributed by atoms with Crippen molar-refractivity contribution in [3.05, 3.63) is 30.3 Å². The normalized spacial score (nSPS) is 15.5. The van der Waals surface area contributed by atoms with E-state index in [1.165, 1.54) is 0 Å². The van der Waals surface area contributed by atoms with Gasteiger partial charge in [0.1, 0.15) is 12.4 Å². The van der Waals surface area contributed by atoms with Crippen LogP contribution in [0.4, 0.5) is 0 Å². The van der Waals surface area contributed by atoms with Crippen LogP contribution in [0.25, 0.3) is 0 Å². The number of likely N-dealkylation sites (N-methyl/N-ethyl adjacent to an activating group) is 1. The minimum absolute atomic E-state index is 0.0328. The van der Waals surface area contributed by atoms with E-state index in [4.69, 9.17) is 4.74 Å². The molecule has 1 aromatic rings. The van der Waals surface area contributed by atoms with E-state index in [0.29, 0.717) is 39.3 Å². The number of benzene rings is 1. The second-order valence-electron chi connectivity index (χ2n) is 8.35. The Labute approximate surface area is 168 Å². The summed E-state index contributed by atoms with van der Waals surface area (Å²) in [4.78, 5) is 30.5. The molecule has 156 valence electrons. The number of carbonyl (C=O) groups excluding carboxylic acids is 2. The Morgan fingerprint density at radius 2 is 1.75 bits per heavy atom. The molecule has 1 aliphatic heterocycles. The monoisotopic (exact) mass is 390 g/mol. The van der Waals surface area contributed by atoms with Crippen molar-refractivity contribution in [2.75, 3.05) is 59.5 Å². The van der Waals surface area contributed by atoms with Crippen LogP contribution in [-0.4, -0.2) is 91.5 Å². The van der Waals surface area contributed by atoms with Crippen molar-refractivity contribution in [3.63, 3.8) is 0 Å². The summed E-state index contributed by atoms with van der Waals surface area (Å²) in [6.45, 7) is 10.7. The smallest absolute Gasteiger partial charge is 0.236 e. The molecule has 0 spiro atoms. The third-order valence-electron chi connectivity index (χ3n) is 4.50. The lowest BCUT2D eigenvalue weighted by Crippen LogP contribution is -2.54. The first kappa shape index (κ1) is 22.2. The summed E-state index contributed by atoms with van der Waals surface area (Å²) in [6.07, 6.45) is 0. The summed E-state index contributed by atoms with van der Waals surface area (Å²) >= 11 is 0. The van der Waals surface area contributed by atoms with Gasteiger partial charge < -0.3 is 15.0 Å². The van der Waals surface area contributed by atoms with Crippen LogP contribution >= 0.6 is 0 Å². The topological polar surface area (TPSA) is 65.1 Å². The maximum atomic E-state index is 12.5. The van der Waals surface area contributed by atoms with Crippen molar-refractivity contribution in [1.29, 1.82) is 0 Å². The number of nitrogens with zero attached hydrogens (tertiary/aromatic N) is 3. The van der Waals surface area contributed by atoms with E-state index in [2.05, 4.69) is 10.2 Å². The van der Waals surface area contributed by atoms with Crippen LogP contribution in [0.15, 0.2) is 30.3 Å². The number of carbonyl (C=O) groups is 2. The van der Waals surface area contributed by atoms with E-state index >= 15 is 0 Å². The molecule has 0 saturated carbocycles. The number of para-hydroxylation sites is 1. The van der Waals surface area contributed by atoms with Gasteiger partial charge in [-0.3, -0.25) is 19.4 Å². The molecule has 0 aromatic heterocycles. The molecule has 1 heterocycles. The third kappa shape index (κ3) is 8.27. The number of amides is 2. The molecule has 1 aliphatic rings. The van der Waals surface area contributed by atoms with Crippen LogP contribution in [0.3, 0.4) is 0 Å². The van der Waals surface area contributed by atoms with Gasteiger partial charge in [-0.05, 0) is 40.0 Å². The average molecular weight is 391 g/mol. The van der Waals surface area contributed by atoms with Crippen LogP contribution in [0.1, 0.15) is 20.8 Å². The molecule has 1 aromatic carbocycles. The summed E-state index contributed by atoms with van der Waals surface area (Å²) in [6, 6.07) is 9.68. The van der Waals surface area contributed by atoms with Crippen LogP contribution in [-0.2, 0) is 9.59 Å². The maximum Gasteiger partial charge on any atom is 0.236 e. The Balaban J connectivity index is 1.63. The fraction of sp³-hybridized carbons (Fsp3) is 0.619. The molecule has 0 atom stereocenters. The van der Waals surface area contributed by atoms with Crippen molar-refractivity contribution in [2.24, 2.45) is 0 Å². The molecule has 0 bridgehead atoms. The summed E-state index contributed by atoms with van der Waals surface area (Å²) in [5.41, 5.74) is -0.219. The lowest BCUT2D eigenvalue weighted by Gasteiger charge is -2.35. The van der Waals surface area contributed by atoms with Gasteiger partial charge in [0.05, 0.1) is 13.1 Å². The van der Waals surface area contributed by atoms with Crippen molar-refractivity contribution in [1.82, 2.24) is 20.0 Å². The van der Waals surface area contributed by atoms with Crippen LogP contribution in [0.5, 0.6) is 5.75 Å². The van der Waals surface area contributed by atoms with Gasteiger partial charge in [-0.2, -0.15) is 0 Å². The highest BCUT2D eigenvalue weighted by molar-refractivity contribution is 5.79. The first-order valence-corrected chi connectivity index (χ1v) is 9.90. The zero-order valence-electron chi connectivity index (χ0n) is 17.6. The van der Waals surface area contributed by atoms with Gasteiger partial charge in [0.25, 0.3) is 0 Å². The van der Waals surface area contributed by atoms with E-state index in [0.717, 1.165) is 18.8 Å². The summed E-state index contributed by atoms with van der Waals surface area (Å²) < 4.78 is 5.68. The molecule has 1 saturated heterocycles. The Morgan fingerprint density at radius 1 is 1.11 bits per heavy atom. The summed E-state index contributed by atoms with van der Waals surface area (Å²) in [5, 5.41) is 2.98. The Morgan fingerprint density at radius 3 is 2.36 bits per heavy atom. The van der Waals surface area contributed by atoms with Crippen molar-refractivity contribution >= 4 is 11.8 Å². The van der Waals surface area contributed by atoms with Gasteiger partial charge >= 0.3 is 0 Å². The highest BCUT2D eigenvalue weighted by atomic mass is 16.5. The molecule has 0 unspecified atom stereocenters. The maximum absolute atomic E-state index is 12.5. The molecule has 2 rings (SSSR count). The van der Waals surface area contributed by atoms with Gasteiger partial charge in [0.2, 0.25) is 11.8 Å². The minimum atomic E-state index is -0.219. The van der Waals surface area contributed by atoms with E-state index in [1.807, 2.05) is 68.0 Å². The number of ether oxygens (including phenoxy) is 1. The number of piperazine rings is 1. The van der Waals surface area contributed by atoms with Crippen LogP contribution < -0.4 is 10.1 Å². The lowest BCUT2D eigenvalue weighted by molar-refractivity contribution is -0.134. The SMILES string of the molecule is CN(CCOc1ccccc1)CC(=O)N1CCN(CC(=O)NC(C)(C)C)CC1. The fourth-order valence-corrected chi connectivity index (χ4v) is 3.06. The Hall–Kier alpha value is -2.12. The molecule has 7 heteroatoms. The van der Waals surface area contributed by atoms with Crippen LogP contribution in [0.2, 0.25) is 0 Å². The number of nitrogens with one attached hydrogen (secondary N) is 1. The number of hydrogen-bond acceptors (Lipinski definition) is 5. The fourth-order valence-electron chi connectivity index (χ4n) is 3.06.